The molecule has 0 saturated carbocycles. The molecule has 1 amide bonds. The fourth-order valence-electron chi connectivity index (χ4n) is 3.03. The van der Waals surface area contributed by atoms with E-state index in [-0.39, 0.29) is 16.6 Å². The number of hydrogen-bond donors (Lipinski definition) is 1. The summed E-state index contributed by atoms with van der Waals surface area (Å²) in [6, 6.07) is 20.7. The van der Waals surface area contributed by atoms with Crippen LogP contribution in [-0.2, 0) is 14.8 Å². The lowest BCUT2D eigenvalue weighted by Crippen LogP contribution is -2.42. The summed E-state index contributed by atoms with van der Waals surface area (Å²) in [6.45, 7) is 3.09. The Morgan fingerprint density at radius 3 is 2.20 bits per heavy atom. The van der Waals surface area contributed by atoms with E-state index in [0.717, 1.165) is 21.5 Å². The van der Waals surface area contributed by atoms with Crippen LogP contribution < -0.4 is 9.62 Å². The van der Waals surface area contributed by atoms with Gasteiger partial charge in [-0.25, -0.2) is 12.8 Å². The molecule has 3 aromatic rings. The summed E-state index contributed by atoms with van der Waals surface area (Å²) >= 11 is 0. The van der Waals surface area contributed by atoms with Crippen molar-refractivity contribution < 1.29 is 17.6 Å². The molecule has 0 bridgehead atoms. The minimum absolute atomic E-state index is 0.0136. The highest BCUT2D eigenvalue weighted by atomic mass is 32.2. The van der Waals surface area contributed by atoms with Crippen LogP contribution in [-0.4, -0.2) is 20.9 Å². The van der Waals surface area contributed by atoms with Gasteiger partial charge < -0.3 is 5.32 Å². The molecule has 7 heteroatoms. The molecule has 0 radical (unpaired) electrons. The van der Waals surface area contributed by atoms with E-state index in [1.165, 1.54) is 30.3 Å². The number of halogens is 1. The van der Waals surface area contributed by atoms with E-state index in [1.807, 2.05) is 37.3 Å². The van der Waals surface area contributed by atoms with Gasteiger partial charge in [-0.05, 0) is 43.7 Å². The molecule has 1 N–H and O–H groups in total. The first kappa shape index (κ1) is 21.5. The zero-order valence-electron chi connectivity index (χ0n) is 16.7. The smallest absolute Gasteiger partial charge is 0.264 e. The van der Waals surface area contributed by atoms with E-state index >= 15 is 0 Å². The maximum absolute atomic E-state index is 14.5. The molecule has 3 aromatic carbocycles. The first-order chi connectivity index (χ1) is 14.3. The fraction of sp³-hybridized carbons (Fsp3) is 0.174. The number of hydrogen-bond acceptors (Lipinski definition) is 3. The van der Waals surface area contributed by atoms with E-state index in [0.29, 0.717) is 0 Å². The summed E-state index contributed by atoms with van der Waals surface area (Å²) in [5.41, 5.74) is 1.59. The largest absolute Gasteiger partial charge is 0.348 e. The van der Waals surface area contributed by atoms with Gasteiger partial charge in [0.2, 0.25) is 5.91 Å². The number of rotatable bonds is 7. The van der Waals surface area contributed by atoms with Crippen molar-refractivity contribution in [2.45, 2.75) is 24.8 Å². The van der Waals surface area contributed by atoms with Gasteiger partial charge in [0.05, 0.1) is 16.6 Å². The predicted molar refractivity (Wildman–Crippen MR) is 115 cm³/mol. The molecule has 0 heterocycles. The third-order valence-corrected chi connectivity index (χ3v) is 6.47. The minimum atomic E-state index is -4.16. The molecule has 0 aliphatic carbocycles. The summed E-state index contributed by atoms with van der Waals surface area (Å²) in [5, 5.41) is 2.78. The van der Waals surface area contributed by atoms with Crippen LogP contribution in [0.15, 0.2) is 83.8 Å². The topological polar surface area (TPSA) is 66.5 Å². The summed E-state index contributed by atoms with van der Waals surface area (Å²) in [5.74, 6) is -1.26. The Morgan fingerprint density at radius 1 is 0.967 bits per heavy atom. The van der Waals surface area contributed by atoms with Crippen LogP contribution >= 0.6 is 0 Å². The molecule has 1 atom stereocenters. The molecule has 30 heavy (non-hydrogen) atoms. The Hall–Kier alpha value is -3.19. The van der Waals surface area contributed by atoms with Crippen LogP contribution in [0, 0.1) is 12.7 Å². The quantitative estimate of drug-likeness (QED) is 0.616. The Bertz CT molecular complexity index is 1120. The number of carbonyl (C=O) groups excluding carboxylic acids is 1. The van der Waals surface area contributed by atoms with E-state index in [2.05, 4.69) is 5.32 Å². The van der Waals surface area contributed by atoms with Crippen molar-refractivity contribution in [3.05, 3.63) is 95.8 Å². The molecule has 1 unspecified atom stereocenters. The van der Waals surface area contributed by atoms with E-state index < -0.39 is 28.3 Å². The number of aryl methyl sites for hydroxylation is 1. The normalized spacial score (nSPS) is 12.2. The summed E-state index contributed by atoms with van der Waals surface area (Å²) in [4.78, 5) is 12.7. The molecule has 5 nitrogen and oxygen atoms in total. The number of anilines is 1. The maximum Gasteiger partial charge on any atom is 0.264 e. The first-order valence-electron chi connectivity index (χ1n) is 9.47. The van der Waals surface area contributed by atoms with Gasteiger partial charge in [0.15, 0.2) is 0 Å². The van der Waals surface area contributed by atoms with E-state index in [9.17, 15) is 17.6 Å². The standard InChI is InChI=1S/C23H23FN2O3S/c1-17-12-14-20(15-13-17)30(28,29)26(22-11-7-6-10-21(22)24)16-23(27)25-18(2)19-8-4-3-5-9-19/h3-15,18H,16H2,1-2H3,(H,25,27). The van der Waals surface area contributed by atoms with Gasteiger partial charge in [0.25, 0.3) is 10.0 Å². The zero-order chi connectivity index (χ0) is 21.7. The van der Waals surface area contributed by atoms with Gasteiger partial charge in [0, 0.05) is 0 Å². The molecular formula is C23H23FN2O3S. The predicted octanol–water partition coefficient (Wildman–Crippen LogP) is 4.21. The number of amides is 1. The minimum Gasteiger partial charge on any atom is -0.348 e. The monoisotopic (exact) mass is 426 g/mol. The van der Waals surface area contributed by atoms with Crippen molar-refractivity contribution >= 4 is 21.6 Å². The van der Waals surface area contributed by atoms with Crippen molar-refractivity contribution in [3.8, 4) is 0 Å². The fourth-order valence-corrected chi connectivity index (χ4v) is 4.46. The van der Waals surface area contributed by atoms with E-state index in [4.69, 9.17) is 0 Å². The Labute approximate surface area is 176 Å². The second-order valence-electron chi connectivity index (χ2n) is 6.98. The Morgan fingerprint density at radius 2 is 1.57 bits per heavy atom. The van der Waals surface area contributed by atoms with Gasteiger partial charge >= 0.3 is 0 Å². The lowest BCUT2D eigenvalue weighted by molar-refractivity contribution is -0.120. The summed E-state index contributed by atoms with van der Waals surface area (Å²) < 4.78 is 41.8. The highest BCUT2D eigenvalue weighted by Gasteiger charge is 2.29. The van der Waals surface area contributed by atoms with Crippen LogP contribution in [0.4, 0.5) is 10.1 Å². The molecule has 0 spiro atoms. The van der Waals surface area contributed by atoms with Crippen molar-refractivity contribution in [3.63, 3.8) is 0 Å². The van der Waals surface area contributed by atoms with Crippen LogP contribution in [0.3, 0.4) is 0 Å². The van der Waals surface area contributed by atoms with Crippen molar-refractivity contribution in [1.82, 2.24) is 5.32 Å². The average Bonchev–Trinajstić information content (AvgIpc) is 2.73. The van der Waals surface area contributed by atoms with Crippen LogP contribution in [0.2, 0.25) is 0 Å². The molecule has 0 aromatic heterocycles. The van der Waals surface area contributed by atoms with Crippen LogP contribution in [0.5, 0.6) is 0 Å². The lowest BCUT2D eigenvalue weighted by Gasteiger charge is -2.25. The van der Waals surface area contributed by atoms with Gasteiger partial charge in [-0.2, -0.15) is 0 Å². The average molecular weight is 427 g/mol. The van der Waals surface area contributed by atoms with Crippen LogP contribution in [0.1, 0.15) is 24.1 Å². The van der Waals surface area contributed by atoms with Crippen molar-refractivity contribution in [1.29, 1.82) is 0 Å². The van der Waals surface area contributed by atoms with Gasteiger partial charge in [-0.1, -0.05) is 60.2 Å². The number of nitrogens with zero attached hydrogens (tertiary/aromatic N) is 1. The molecule has 0 aliphatic rings. The first-order valence-corrected chi connectivity index (χ1v) is 10.9. The molecule has 0 saturated heterocycles. The molecular weight excluding hydrogens is 403 g/mol. The van der Waals surface area contributed by atoms with Crippen molar-refractivity contribution in [2.24, 2.45) is 0 Å². The number of carbonyl (C=O) groups is 1. The van der Waals surface area contributed by atoms with Gasteiger partial charge in [0.1, 0.15) is 12.4 Å². The lowest BCUT2D eigenvalue weighted by atomic mass is 10.1. The zero-order valence-corrected chi connectivity index (χ0v) is 17.6. The molecule has 156 valence electrons. The number of nitrogens with one attached hydrogen (secondary N) is 1. The van der Waals surface area contributed by atoms with Gasteiger partial charge in [-0.3, -0.25) is 9.10 Å². The highest BCUT2D eigenvalue weighted by molar-refractivity contribution is 7.92. The summed E-state index contributed by atoms with van der Waals surface area (Å²) in [6.07, 6.45) is 0. The number of para-hydroxylation sites is 1. The number of benzene rings is 3. The SMILES string of the molecule is Cc1ccc(S(=O)(=O)N(CC(=O)NC(C)c2ccccc2)c2ccccc2F)cc1. The summed E-state index contributed by atoms with van der Waals surface area (Å²) in [7, 11) is -4.16. The van der Waals surface area contributed by atoms with E-state index in [1.54, 1.807) is 19.1 Å². The second kappa shape index (κ2) is 9.09. The Kier molecular flexibility index (Phi) is 6.52. The molecule has 0 aliphatic heterocycles. The second-order valence-corrected chi connectivity index (χ2v) is 8.84. The van der Waals surface area contributed by atoms with Crippen molar-refractivity contribution in [2.75, 3.05) is 10.8 Å². The third-order valence-electron chi connectivity index (χ3n) is 4.69. The third kappa shape index (κ3) is 4.86. The number of sulfonamides is 1. The van der Waals surface area contributed by atoms with Gasteiger partial charge in [-0.15, -0.1) is 0 Å². The maximum atomic E-state index is 14.5. The molecule has 0 fully saturated rings. The highest BCUT2D eigenvalue weighted by Crippen LogP contribution is 2.26. The van der Waals surface area contributed by atoms with Crippen LogP contribution in [0.25, 0.3) is 0 Å². The molecule has 3 rings (SSSR count). The Balaban J connectivity index is 1.91.